The van der Waals surface area contributed by atoms with E-state index < -0.39 is 0 Å². The van der Waals surface area contributed by atoms with Crippen LogP contribution < -0.4 is 0 Å². The molecule has 0 aromatic heterocycles. The first kappa shape index (κ1) is 37.7. The van der Waals surface area contributed by atoms with Gasteiger partial charge in [0.2, 0.25) is 0 Å². The Labute approximate surface area is 374 Å². The van der Waals surface area contributed by atoms with Crippen LogP contribution in [-0.2, 0) is 0 Å². The average Bonchev–Trinajstić information content (AvgIpc) is 3.38. The zero-order valence-corrected chi connectivity index (χ0v) is 35.9. The molecule has 0 spiro atoms. The highest BCUT2D eigenvalue weighted by molar-refractivity contribution is 6.29. The van der Waals surface area contributed by atoms with Crippen molar-refractivity contribution in [2.24, 2.45) is 0 Å². The summed E-state index contributed by atoms with van der Waals surface area (Å²) in [6.45, 7) is 4.00. The molecule has 0 heterocycles. The Bertz CT molecular complexity index is 3610. The lowest BCUT2D eigenvalue weighted by Gasteiger charge is -2.19. The molecule has 0 N–H and O–H groups in total. The maximum absolute atomic E-state index is 2.44. The third-order valence-electron chi connectivity index (χ3n) is 13.4. The van der Waals surface area contributed by atoms with Crippen LogP contribution in [0.1, 0.15) is 13.8 Å². The van der Waals surface area contributed by atoms with Crippen molar-refractivity contribution < 1.29 is 0 Å². The van der Waals surface area contributed by atoms with Gasteiger partial charge in [-0.15, -0.1) is 0 Å². The molecule has 0 atom stereocenters. The lowest BCUT2D eigenvalue weighted by Crippen LogP contribution is -1.92. The van der Waals surface area contributed by atoms with E-state index in [4.69, 9.17) is 0 Å². The van der Waals surface area contributed by atoms with E-state index >= 15 is 0 Å². The van der Waals surface area contributed by atoms with Gasteiger partial charge in [0.15, 0.2) is 0 Å². The minimum Gasteiger partial charge on any atom is -0.0683 e. The van der Waals surface area contributed by atoms with Crippen molar-refractivity contribution in [3.05, 3.63) is 231 Å². The minimum absolute atomic E-state index is 1.20. The summed E-state index contributed by atoms with van der Waals surface area (Å²) in [7, 11) is 0. The molecular formula is C64H44. The Balaban J connectivity index is 0.00000214. The fourth-order valence-corrected chi connectivity index (χ4v) is 10.5. The minimum atomic E-state index is 1.20. The van der Waals surface area contributed by atoms with Gasteiger partial charge in [0.25, 0.3) is 0 Å². The summed E-state index contributed by atoms with van der Waals surface area (Å²) in [5.41, 5.74) is 14.7. The summed E-state index contributed by atoms with van der Waals surface area (Å²) >= 11 is 0. The highest BCUT2D eigenvalue weighted by atomic mass is 14.2. The van der Waals surface area contributed by atoms with Gasteiger partial charge in [0, 0.05) is 0 Å². The molecule has 13 aromatic rings. The van der Waals surface area contributed by atoms with E-state index in [1.807, 2.05) is 13.8 Å². The molecule has 0 saturated carbocycles. The summed E-state index contributed by atoms with van der Waals surface area (Å²) in [4.78, 5) is 0. The molecule has 0 heteroatoms. The van der Waals surface area contributed by atoms with Gasteiger partial charge >= 0.3 is 0 Å². The van der Waals surface area contributed by atoms with Crippen LogP contribution in [0.15, 0.2) is 231 Å². The molecule has 0 nitrogen and oxygen atoms in total. The molecule has 0 aliphatic heterocycles. The van der Waals surface area contributed by atoms with Gasteiger partial charge in [-0.1, -0.05) is 220 Å². The zero-order chi connectivity index (χ0) is 42.7. The second kappa shape index (κ2) is 15.4. The predicted octanol–water partition coefficient (Wildman–Crippen LogP) is 18.5. The first-order valence-corrected chi connectivity index (χ1v) is 22.6. The van der Waals surface area contributed by atoms with Gasteiger partial charge in [-0.05, 0) is 156 Å². The van der Waals surface area contributed by atoms with E-state index in [0.717, 1.165) is 0 Å². The normalized spacial score (nSPS) is 11.6. The summed E-state index contributed by atoms with van der Waals surface area (Å²) in [6, 6.07) is 85.7. The van der Waals surface area contributed by atoms with E-state index in [0.29, 0.717) is 0 Å². The van der Waals surface area contributed by atoms with Crippen LogP contribution in [-0.4, -0.2) is 0 Å². The third kappa shape index (κ3) is 6.06. The highest BCUT2D eigenvalue weighted by Gasteiger charge is 2.19. The molecule has 0 fully saturated rings. The first-order chi connectivity index (χ1) is 31.7. The van der Waals surface area contributed by atoms with Gasteiger partial charge < -0.3 is 0 Å². The van der Waals surface area contributed by atoms with E-state index in [-0.39, 0.29) is 0 Å². The summed E-state index contributed by atoms with van der Waals surface area (Å²) in [6.07, 6.45) is 0. The first-order valence-electron chi connectivity index (χ1n) is 22.6. The number of hydrogen-bond acceptors (Lipinski definition) is 0. The number of benzene rings is 13. The van der Waals surface area contributed by atoms with Gasteiger partial charge in [-0.25, -0.2) is 0 Å². The largest absolute Gasteiger partial charge is 0.0683 e. The Morgan fingerprint density at radius 3 is 0.828 bits per heavy atom. The van der Waals surface area contributed by atoms with Crippen LogP contribution >= 0.6 is 0 Å². The quantitative estimate of drug-likeness (QED) is 0.147. The van der Waals surface area contributed by atoms with Crippen molar-refractivity contribution in [1.82, 2.24) is 0 Å². The average molecular weight is 813 g/mol. The molecule has 13 aromatic carbocycles. The third-order valence-corrected chi connectivity index (χ3v) is 13.4. The van der Waals surface area contributed by atoms with Gasteiger partial charge in [-0.2, -0.15) is 0 Å². The van der Waals surface area contributed by atoms with E-state index in [9.17, 15) is 0 Å². The van der Waals surface area contributed by atoms with Crippen molar-refractivity contribution in [2.75, 3.05) is 0 Å². The zero-order valence-electron chi connectivity index (χ0n) is 35.9. The summed E-state index contributed by atoms with van der Waals surface area (Å²) in [5.74, 6) is 0. The molecule has 0 bridgehead atoms. The van der Waals surface area contributed by atoms with E-state index in [2.05, 4.69) is 231 Å². The van der Waals surface area contributed by atoms with Crippen LogP contribution in [0, 0.1) is 0 Å². The highest BCUT2D eigenvalue weighted by Crippen LogP contribution is 2.46. The molecule has 0 radical (unpaired) electrons. The fraction of sp³-hybridized carbons (Fsp3) is 0.0312. The lowest BCUT2D eigenvalue weighted by molar-refractivity contribution is 1.50. The molecule has 0 aliphatic carbocycles. The van der Waals surface area contributed by atoms with Crippen LogP contribution in [0.3, 0.4) is 0 Å². The Hall–Kier alpha value is -8.06. The van der Waals surface area contributed by atoms with Crippen molar-refractivity contribution in [3.8, 4) is 66.8 Å². The van der Waals surface area contributed by atoms with Crippen molar-refractivity contribution in [3.63, 3.8) is 0 Å². The van der Waals surface area contributed by atoms with Gasteiger partial charge in [0.05, 0.1) is 0 Å². The second-order valence-corrected chi connectivity index (χ2v) is 16.8. The number of hydrogen-bond donors (Lipinski definition) is 0. The van der Waals surface area contributed by atoms with E-state index in [1.165, 1.54) is 131 Å². The SMILES string of the molecule is CC.c1ccc(-c2cccc(-c3cc(-c4ccc5ccc6c(-c7ccccc7)ccc7ccc4c5c76)cc(-c4ccc5ccc6c(-c7ccccc7)ccc7ccc4c5c76)c3)c2)cc1. The van der Waals surface area contributed by atoms with Crippen molar-refractivity contribution in [2.45, 2.75) is 13.8 Å². The summed E-state index contributed by atoms with van der Waals surface area (Å²) in [5, 5.41) is 15.5. The van der Waals surface area contributed by atoms with Gasteiger partial charge in [0.1, 0.15) is 0 Å². The molecule has 64 heavy (non-hydrogen) atoms. The molecule has 0 amide bonds. The standard InChI is InChI=1S/C62H38.C2H6/c1-4-11-39(12-5-1)46-17-10-18-47(35-46)48-36-49(53-29-21-44-23-31-55-51(40-13-6-2-7-14-40)27-19-42-25-33-57(53)61(44)59(42)55)38-50(37-48)54-30-22-45-24-32-56-52(41-15-8-3-9-16-41)28-20-43-26-34-58(54)62(45)60(43)56;1-2/h1-38H;1-2H3. The smallest absolute Gasteiger partial charge is 0.00203 e. The van der Waals surface area contributed by atoms with Crippen LogP contribution in [0.4, 0.5) is 0 Å². The molecule has 300 valence electrons. The Kier molecular flexibility index (Phi) is 9.06. The lowest BCUT2D eigenvalue weighted by atomic mass is 9.84. The molecular weight excluding hydrogens is 769 g/mol. The molecule has 0 aliphatic rings. The number of rotatable bonds is 6. The maximum atomic E-state index is 2.44. The molecule has 13 rings (SSSR count). The topological polar surface area (TPSA) is 0 Å². The van der Waals surface area contributed by atoms with Crippen molar-refractivity contribution in [1.29, 1.82) is 0 Å². The van der Waals surface area contributed by atoms with Crippen LogP contribution in [0.5, 0.6) is 0 Å². The predicted molar refractivity (Wildman–Crippen MR) is 278 cm³/mol. The molecule has 0 unspecified atom stereocenters. The Morgan fingerprint density at radius 1 is 0.188 bits per heavy atom. The monoisotopic (exact) mass is 812 g/mol. The fourth-order valence-electron chi connectivity index (χ4n) is 10.5. The van der Waals surface area contributed by atoms with Gasteiger partial charge in [-0.3, -0.25) is 0 Å². The van der Waals surface area contributed by atoms with Crippen LogP contribution in [0.2, 0.25) is 0 Å². The van der Waals surface area contributed by atoms with Crippen LogP contribution in [0.25, 0.3) is 131 Å². The van der Waals surface area contributed by atoms with Crippen molar-refractivity contribution >= 4 is 64.6 Å². The van der Waals surface area contributed by atoms with E-state index in [1.54, 1.807) is 0 Å². The maximum Gasteiger partial charge on any atom is -0.00203 e. The Morgan fingerprint density at radius 2 is 0.453 bits per heavy atom. The summed E-state index contributed by atoms with van der Waals surface area (Å²) < 4.78 is 0. The molecule has 0 saturated heterocycles. The second-order valence-electron chi connectivity index (χ2n) is 16.8.